The number of carbonyl (C=O) groups is 2. The Morgan fingerprint density at radius 1 is 0.878 bits per heavy atom. The fraction of sp³-hybridized carbons (Fsp3) is 0.355. The summed E-state index contributed by atoms with van der Waals surface area (Å²) in [5.41, 5.74) is 1.40. The second-order valence-corrected chi connectivity index (χ2v) is 12.3. The number of nitrogens with zero attached hydrogens (tertiary/aromatic N) is 2. The molecule has 0 bridgehead atoms. The number of hydrogen-bond acceptors (Lipinski definition) is 4. The molecule has 2 amide bonds. The fourth-order valence-electron chi connectivity index (χ4n) is 4.40. The Morgan fingerprint density at radius 3 is 2.12 bits per heavy atom. The molecular formula is C31H37F2N3O4S. The van der Waals surface area contributed by atoms with E-state index in [9.17, 15) is 26.8 Å². The molecule has 0 saturated carbocycles. The van der Waals surface area contributed by atoms with Gasteiger partial charge in [0.25, 0.3) is 0 Å². The third kappa shape index (κ3) is 9.67. The first kappa shape index (κ1) is 31.7. The van der Waals surface area contributed by atoms with Gasteiger partial charge in [-0.1, -0.05) is 68.4 Å². The smallest absolute Gasteiger partial charge is 0.243 e. The number of hydrogen-bond donors (Lipinski definition) is 1. The van der Waals surface area contributed by atoms with E-state index in [1.54, 1.807) is 12.1 Å². The van der Waals surface area contributed by atoms with Gasteiger partial charge in [0.1, 0.15) is 17.7 Å². The number of nitrogens with one attached hydrogen (secondary N) is 1. The van der Waals surface area contributed by atoms with Crippen LogP contribution in [0.5, 0.6) is 0 Å². The molecule has 0 aliphatic carbocycles. The van der Waals surface area contributed by atoms with Gasteiger partial charge in [-0.25, -0.2) is 17.2 Å². The average molecular weight is 586 g/mol. The van der Waals surface area contributed by atoms with Crippen LogP contribution >= 0.6 is 0 Å². The molecule has 0 fully saturated rings. The Bertz CT molecular complexity index is 1400. The Balaban J connectivity index is 1.88. The van der Waals surface area contributed by atoms with Crippen LogP contribution in [0.3, 0.4) is 0 Å². The van der Waals surface area contributed by atoms with Crippen molar-refractivity contribution in [1.29, 1.82) is 0 Å². The summed E-state index contributed by atoms with van der Waals surface area (Å²) in [6.07, 6.45) is 1.23. The highest BCUT2D eigenvalue weighted by molar-refractivity contribution is 7.92. The lowest BCUT2D eigenvalue weighted by Gasteiger charge is -2.32. The highest BCUT2D eigenvalue weighted by Crippen LogP contribution is 2.23. The van der Waals surface area contributed by atoms with Crippen molar-refractivity contribution in [2.75, 3.05) is 23.7 Å². The van der Waals surface area contributed by atoms with Crippen molar-refractivity contribution in [1.82, 2.24) is 10.2 Å². The zero-order chi connectivity index (χ0) is 30.0. The predicted molar refractivity (Wildman–Crippen MR) is 157 cm³/mol. The number of sulfonamides is 1. The van der Waals surface area contributed by atoms with Gasteiger partial charge in [0, 0.05) is 32.5 Å². The van der Waals surface area contributed by atoms with E-state index in [0.29, 0.717) is 12.1 Å². The molecule has 1 N–H and O–H groups in total. The lowest BCUT2D eigenvalue weighted by atomic mass is 10.0. The van der Waals surface area contributed by atoms with E-state index >= 15 is 0 Å². The second-order valence-electron chi connectivity index (χ2n) is 10.4. The number of carbonyl (C=O) groups excluding carboxylic acids is 2. The molecule has 3 aromatic rings. The molecule has 0 spiro atoms. The van der Waals surface area contributed by atoms with E-state index < -0.39 is 27.7 Å². The monoisotopic (exact) mass is 585 g/mol. The highest BCUT2D eigenvalue weighted by Gasteiger charge is 2.30. The molecule has 0 radical (unpaired) electrons. The van der Waals surface area contributed by atoms with Crippen molar-refractivity contribution in [3.63, 3.8) is 0 Å². The summed E-state index contributed by atoms with van der Waals surface area (Å²) in [7, 11) is -3.83. The zero-order valence-corrected chi connectivity index (χ0v) is 24.4. The molecule has 41 heavy (non-hydrogen) atoms. The summed E-state index contributed by atoms with van der Waals surface area (Å²) in [6.45, 7) is 4.29. The Kier molecular flexibility index (Phi) is 11.4. The quantitative estimate of drug-likeness (QED) is 0.291. The normalized spacial score (nSPS) is 12.1. The molecule has 0 saturated heterocycles. The first-order valence-corrected chi connectivity index (χ1v) is 15.4. The minimum Gasteiger partial charge on any atom is -0.354 e. The van der Waals surface area contributed by atoms with Crippen LogP contribution in [0.2, 0.25) is 0 Å². The minimum atomic E-state index is -3.83. The van der Waals surface area contributed by atoms with Gasteiger partial charge in [-0.3, -0.25) is 13.9 Å². The Morgan fingerprint density at radius 2 is 1.51 bits per heavy atom. The van der Waals surface area contributed by atoms with E-state index in [4.69, 9.17) is 0 Å². The highest BCUT2D eigenvalue weighted by atomic mass is 32.2. The topological polar surface area (TPSA) is 86.8 Å². The van der Waals surface area contributed by atoms with E-state index in [2.05, 4.69) is 5.32 Å². The fourth-order valence-corrected chi connectivity index (χ4v) is 5.37. The summed E-state index contributed by atoms with van der Waals surface area (Å²) < 4.78 is 53.9. The van der Waals surface area contributed by atoms with Gasteiger partial charge in [0.05, 0.1) is 11.9 Å². The molecule has 10 heteroatoms. The second kappa shape index (κ2) is 14.7. The van der Waals surface area contributed by atoms with Crippen LogP contribution < -0.4 is 9.62 Å². The van der Waals surface area contributed by atoms with Crippen molar-refractivity contribution in [3.8, 4) is 0 Å². The number of amides is 2. The van der Waals surface area contributed by atoms with Crippen LogP contribution in [0.4, 0.5) is 14.5 Å². The van der Waals surface area contributed by atoms with Crippen LogP contribution in [-0.2, 0) is 32.6 Å². The van der Waals surface area contributed by atoms with Gasteiger partial charge >= 0.3 is 0 Å². The molecule has 7 nitrogen and oxygen atoms in total. The van der Waals surface area contributed by atoms with Gasteiger partial charge in [-0.15, -0.1) is 0 Å². The number of anilines is 1. The van der Waals surface area contributed by atoms with Gasteiger partial charge < -0.3 is 10.2 Å². The first-order valence-electron chi connectivity index (χ1n) is 13.5. The van der Waals surface area contributed by atoms with E-state index in [1.165, 1.54) is 41.3 Å². The molecule has 0 heterocycles. The van der Waals surface area contributed by atoms with Crippen molar-refractivity contribution in [2.24, 2.45) is 5.92 Å². The molecule has 0 aromatic heterocycles. The van der Waals surface area contributed by atoms with Gasteiger partial charge in [0.2, 0.25) is 21.8 Å². The summed E-state index contributed by atoms with van der Waals surface area (Å²) in [5.74, 6) is -1.61. The zero-order valence-electron chi connectivity index (χ0n) is 23.6. The summed E-state index contributed by atoms with van der Waals surface area (Å²) >= 11 is 0. The predicted octanol–water partition coefficient (Wildman–Crippen LogP) is 4.92. The van der Waals surface area contributed by atoms with Crippen LogP contribution in [0, 0.1) is 17.6 Å². The molecule has 1 atom stereocenters. The van der Waals surface area contributed by atoms with Crippen LogP contribution in [0.25, 0.3) is 0 Å². The maximum Gasteiger partial charge on any atom is 0.243 e. The first-order chi connectivity index (χ1) is 19.5. The third-order valence-electron chi connectivity index (χ3n) is 6.50. The summed E-state index contributed by atoms with van der Waals surface area (Å²) in [6, 6.07) is 19.7. The lowest BCUT2D eigenvalue weighted by Crippen LogP contribution is -2.51. The van der Waals surface area contributed by atoms with E-state index in [-0.39, 0.29) is 55.8 Å². The van der Waals surface area contributed by atoms with Gasteiger partial charge in [-0.05, 0) is 47.7 Å². The van der Waals surface area contributed by atoms with E-state index in [0.717, 1.165) is 16.1 Å². The molecule has 1 unspecified atom stereocenters. The molecular weight excluding hydrogens is 548 g/mol. The molecule has 0 aliphatic heterocycles. The Labute approximate surface area is 241 Å². The van der Waals surface area contributed by atoms with Crippen molar-refractivity contribution < 1.29 is 26.8 Å². The van der Waals surface area contributed by atoms with Gasteiger partial charge in [-0.2, -0.15) is 0 Å². The standard InChI is InChI=1S/C31H37F2N3O4S/c1-23(2)21-34-31(38)29(20-24-10-5-4-6-11-24)35(22-25-15-17-26(32)18-16-25)30(37)14-9-19-36(41(3,39)40)28-13-8-7-12-27(28)33/h4-8,10-13,15-18,23,29H,9,14,19-22H2,1-3H3,(H,34,38). The van der Waals surface area contributed by atoms with Crippen molar-refractivity contribution in [2.45, 2.75) is 45.7 Å². The SMILES string of the molecule is CC(C)CNC(=O)C(Cc1ccccc1)N(Cc1ccc(F)cc1)C(=O)CCCN(c1ccccc1F)S(C)(=O)=O. The summed E-state index contributed by atoms with van der Waals surface area (Å²) in [4.78, 5) is 28.7. The van der Waals surface area contributed by atoms with Crippen molar-refractivity contribution in [3.05, 3.63) is 102 Å². The number of rotatable bonds is 14. The Hall–Kier alpha value is -3.79. The lowest BCUT2D eigenvalue weighted by molar-refractivity contribution is -0.141. The average Bonchev–Trinajstić information content (AvgIpc) is 2.93. The summed E-state index contributed by atoms with van der Waals surface area (Å²) in [5, 5.41) is 2.93. The number of halogens is 2. The molecule has 220 valence electrons. The minimum absolute atomic E-state index is 0.0504. The third-order valence-corrected chi connectivity index (χ3v) is 7.68. The largest absolute Gasteiger partial charge is 0.354 e. The van der Waals surface area contributed by atoms with Crippen LogP contribution in [0.1, 0.15) is 37.8 Å². The molecule has 0 aliphatic rings. The maximum atomic E-state index is 14.4. The molecule has 3 rings (SSSR count). The van der Waals surface area contributed by atoms with Gasteiger partial charge in [0.15, 0.2) is 0 Å². The number of para-hydroxylation sites is 1. The molecule has 3 aromatic carbocycles. The number of benzene rings is 3. The van der Waals surface area contributed by atoms with Crippen LogP contribution in [0.15, 0.2) is 78.9 Å². The van der Waals surface area contributed by atoms with Crippen molar-refractivity contribution >= 4 is 27.5 Å². The van der Waals surface area contributed by atoms with E-state index in [1.807, 2.05) is 44.2 Å². The maximum absolute atomic E-state index is 14.4. The van der Waals surface area contributed by atoms with Crippen LogP contribution in [-0.4, -0.2) is 50.5 Å².